The first kappa shape index (κ1) is 15.0. The minimum Gasteiger partial charge on any atom is -0.493 e. The summed E-state index contributed by atoms with van der Waals surface area (Å²) in [5.74, 6) is 3.18. The van der Waals surface area contributed by atoms with Crippen LogP contribution in [0, 0.1) is 0 Å². The first-order chi connectivity index (χ1) is 9.33. The zero-order chi connectivity index (χ0) is 13.2. The van der Waals surface area contributed by atoms with Crippen molar-refractivity contribution in [3.8, 4) is 11.5 Å². The fraction of sp³-hybridized carbons (Fsp3) is 0.533. The van der Waals surface area contributed by atoms with Crippen molar-refractivity contribution in [2.75, 3.05) is 27.3 Å². The fourth-order valence-electron chi connectivity index (χ4n) is 3.06. The van der Waals surface area contributed by atoms with E-state index in [1.54, 1.807) is 14.2 Å². The Hall–Kier alpha value is -1.42. The molecule has 1 unspecified atom stereocenters. The first-order valence-corrected chi connectivity index (χ1v) is 6.86. The van der Waals surface area contributed by atoms with E-state index in [0.29, 0.717) is 5.92 Å². The molecule has 1 N–H and O–H groups in total. The van der Waals surface area contributed by atoms with E-state index < -0.39 is 0 Å². The highest BCUT2D eigenvalue weighted by molar-refractivity contribution is 5.91. The Kier molecular flexibility index (Phi) is 4.76. The van der Waals surface area contributed by atoms with E-state index in [0.717, 1.165) is 43.3 Å². The smallest absolute Gasteiger partial charge is 0.161 e. The van der Waals surface area contributed by atoms with Crippen LogP contribution >= 0.6 is 12.4 Å². The lowest BCUT2D eigenvalue weighted by Gasteiger charge is -2.27. The molecule has 2 aliphatic rings. The van der Waals surface area contributed by atoms with Gasteiger partial charge in [-0.15, -0.1) is 12.4 Å². The number of methoxy groups -OCH3 is 2. The van der Waals surface area contributed by atoms with E-state index in [-0.39, 0.29) is 12.4 Å². The van der Waals surface area contributed by atoms with Crippen molar-refractivity contribution in [3.05, 3.63) is 23.3 Å². The molecule has 0 amide bonds. The summed E-state index contributed by atoms with van der Waals surface area (Å²) in [5, 5.41) is 3.41. The summed E-state index contributed by atoms with van der Waals surface area (Å²) in [5.41, 5.74) is 2.71. The molecule has 4 nitrogen and oxygen atoms in total. The van der Waals surface area contributed by atoms with Crippen LogP contribution < -0.4 is 14.8 Å². The first-order valence-electron chi connectivity index (χ1n) is 6.86. The van der Waals surface area contributed by atoms with Crippen LogP contribution in [0.25, 0.3) is 0 Å². The van der Waals surface area contributed by atoms with Crippen molar-refractivity contribution < 1.29 is 9.47 Å². The van der Waals surface area contributed by atoms with Crippen LogP contribution in [0.1, 0.15) is 29.9 Å². The maximum Gasteiger partial charge on any atom is 0.161 e. The number of aliphatic imine (C=N–C) groups is 1. The maximum absolute atomic E-state index is 5.43. The van der Waals surface area contributed by atoms with E-state index in [9.17, 15) is 0 Å². The summed E-state index contributed by atoms with van der Waals surface area (Å²) < 4.78 is 10.8. The van der Waals surface area contributed by atoms with Gasteiger partial charge in [0.2, 0.25) is 0 Å². The second-order valence-corrected chi connectivity index (χ2v) is 5.04. The molecule has 0 aromatic heterocycles. The molecular formula is C15H21ClN2O2. The van der Waals surface area contributed by atoms with Crippen molar-refractivity contribution in [3.63, 3.8) is 0 Å². The van der Waals surface area contributed by atoms with Crippen LogP contribution in [0.15, 0.2) is 17.1 Å². The highest BCUT2D eigenvalue weighted by Gasteiger charge is 2.27. The molecule has 3 rings (SSSR count). The summed E-state index contributed by atoms with van der Waals surface area (Å²) in [6.45, 7) is 1.86. The molecular weight excluding hydrogens is 276 g/mol. The highest BCUT2D eigenvalue weighted by Crippen LogP contribution is 2.39. The molecule has 1 atom stereocenters. The fourth-order valence-corrected chi connectivity index (χ4v) is 3.06. The quantitative estimate of drug-likeness (QED) is 0.932. The van der Waals surface area contributed by atoms with E-state index in [1.807, 2.05) is 0 Å². The van der Waals surface area contributed by atoms with Crippen molar-refractivity contribution in [1.82, 2.24) is 5.32 Å². The van der Waals surface area contributed by atoms with Gasteiger partial charge in [0.05, 0.1) is 20.8 Å². The van der Waals surface area contributed by atoms with Crippen molar-refractivity contribution in [2.24, 2.45) is 4.99 Å². The molecule has 0 saturated carbocycles. The normalized spacial score (nSPS) is 20.3. The van der Waals surface area contributed by atoms with Crippen LogP contribution in [0.2, 0.25) is 0 Å². The summed E-state index contributed by atoms with van der Waals surface area (Å²) in [4.78, 5) is 4.59. The zero-order valence-electron chi connectivity index (χ0n) is 11.9. The van der Waals surface area contributed by atoms with Crippen LogP contribution in [0.5, 0.6) is 11.5 Å². The number of hydrogen-bond acceptors (Lipinski definition) is 4. The molecule has 5 heteroatoms. The third-order valence-corrected chi connectivity index (χ3v) is 3.99. The van der Waals surface area contributed by atoms with Gasteiger partial charge in [-0.25, -0.2) is 0 Å². The molecule has 0 fully saturated rings. The number of nitrogens with one attached hydrogen (secondary N) is 1. The van der Waals surface area contributed by atoms with Gasteiger partial charge in [0.15, 0.2) is 11.5 Å². The van der Waals surface area contributed by atoms with Gasteiger partial charge in [0.25, 0.3) is 0 Å². The summed E-state index contributed by atoms with van der Waals surface area (Å²) >= 11 is 0. The highest BCUT2D eigenvalue weighted by atomic mass is 35.5. The van der Waals surface area contributed by atoms with Crippen LogP contribution in [0.4, 0.5) is 0 Å². The Morgan fingerprint density at radius 1 is 1.20 bits per heavy atom. The molecule has 1 aromatic carbocycles. The van der Waals surface area contributed by atoms with Crippen molar-refractivity contribution in [2.45, 2.75) is 25.2 Å². The van der Waals surface area contributed by atoms with Gasteiger partial charge in [-0.3, -0.25) is 4.99 Å². The van der Waals surface area contributed by atoms with Gasteiger partial charge < -0.3 is 14.8 Å². The van der Waals surface area contributed by atoms with Gasteiger partial charge in [-0.05, 0) is 42.5 Å². The molecule has 1 aliphatic carbocycles. The average Bonchev–Trinajstić information content (AvgIpc) is 2.99. The van der Waals surface area contributed by atoms with Crippen LogP contribution in [-0.4, -0.2) is 33.1 Å². The van der Waals surface area contributed by atoms with E-state index in [4.69, 9.17) is 9.47 Å². The van der Waals surface area contributed by atoms with Crippen LogP contribution in [0.3, 0.4) is 0 Å². The van der Waals surface area contributed by atoms with Gasteiger partial charge in [0, 0.05) is 12.5 Å². The molecule has 0 bridgehead atoms. The minimum absolute atomic E-state index is 0. The molecule has 110 valence electrons. The topological polar surface area (TPSA) is 42.9 Å². The third-order valence-electron chi connectivity index (χ3n) is 3.99. The number of ether oxygens (including phenoxy) is 2. The predicted molar refractivity (Wildman–Crippen MR) is 82.8 cm³/mol. The molecule has 1 heterocycles. The Balaban J connectivity index is 0.00000147. The summed E-state index contributed by atoms with van der Waals surface area (Å²) in [6.07, 6.45) is 3.47. The number of hydrogen-bond donors (Lipinski definition) is 1. The Bertz CT molecular complexity index is 517. The molecule has 0 radical (unpaired) electrons. The number of amidine groups is 1. The second kappa shape index (κ2) is 6.35. The second-order valence-electron chi connectivity index (χ2n) is 5.04. The lowest BCUT2D eigenvalue weighted by molar-refractivity contribution is 0.353. The standard InChI is InChI=1S/C15H20N2O2.ClH/c1-18-13-8-10-4-3-5-11(15-16-6-7-17-15)12(10)9-14(13)19-2;/h8-9,11H,3-7H2,1-2H3,(H,16,17);1H. The van der Waals surface area contributed by atoms with Gasteiger partial charge in [0.1, 0.15) is 5.84 Å². The molecule has 0 saturated heterocycles. The predicted octanol–water partition coefficient (Wildman–Crippen LogP) is 2.55. The number of rotatable bonds is 3. The number of benzene rings is 1. The molecule has 1 aromatic rings. The van der Waals surface area contributed by atoms with E-state index in [1.165, 1.54) is 17.5 Å². The maximum atomic E-state index is 5.43. The van der Waals surface area contributed by atoms with E-state index >= 15 is 0 Å². The van der Waals surface area contributed by atoms with Gasteiger partial charge >= 0.3 is 0 Å². The summed E-state index contributed by atoms with van der Waals surface area (Å²) in [7, 11) is 3.38. The Morgan fingerprint density at radius 3 is 2.60 bits per heavy atom. The zero-order valence-corrected chi connectivity index (χ0v) is 12.8. The van der Waals surface area contributed by atoms with E-state index in [2.05, 4.69) is 22.4 Å². The summed E-state index contributed by atoms with van der Waals surface area (Å²) in [6, 6.07) is 4.25. The molecule has 1 aliphatic heterocycles. The van der Waals surface area contributed by atoms with Crippen molar-refractivity contribution >= 4 is 18.2 Å². The number of aryl methyl sites for hydroxylation is 1. The monoisotopic (exact) mass is 296 g/mol. The Labute approximate surface area is 126 Å². The average molecular weight is 297 g/mol. The number of fused-ring (bicyclic) bond motifs is 1. The van der Waals surface area contributed by atoms with Crippen LogP contribution in [-0.2, 0) is 6.42 Å². The largest absolute Gasteiger partial charge is 0.493 e. The lowest BCUT2D eigenvalue weighted by Crippen LogP contribution is -2.28. The third kappa shape index (κ3) is 2.57. The van der Waals surface area contributed by atoms with Crippen molar-refractivity contribution in [1.29, 1.82) is 0 Å². The van der Waals surface area contributed by atoms with Gasteiger partial charge in [-0.2, -0.15) is 0 Å². The Morgan fingerprint density at radius 2 is 1.95 bits per heavy atom. The number of halogens is 1. The lowest BCUT2D eigenvalue weighted by atomic mass is 9.81. The molecule has 20 heavy (non-hydrogen) atoms. The number of nitrogens with zero attached hydrogens (tertiary/aromatic N) is 1. The van der Waals surface area contributed by atoms with Gasteiger partial charge in [-0.1, -0.05) is 0 Å². The SMILES string of the molecule is COc1cc2c(cc1OC)C(C1=NCCN1)CCC2.Cl. The minimum atomic E-state index is 0. The molecule has 0 spiro atoms.